The molecular weight excluding hydrogens is 444 g/mol. The van der Waals surface area contributed by atoms with Gasteiger partial charge in [-0.1, -0.05) is 72.4 Å². The molecule has 2 N–H and O–H groups in total. The lowest BCUT2D eigenvalue weighted by Gasteiger charge is -2.15. The molecule has 1 amide bonds. The molecule has 0 aliphatic heterocycles. The Morgan fingerprint density at radius 2 is 1.76 bits per heavy atom. The van der Waals surface area contributed by atoms with Crippen molar-refractivity contribution >= 4 is 39.6 Å². The molecule has 3 aromatic carbocycles. The third kappa shape index (κ3) is 4.10. The molecule has 7 heteroatoms. The van der Waals surface area contributed by atoms with Crippen molar-refractivity contribution in [3.8, 4) is 5.69 Å². The molecule has 34 heavy (non-hydrogen) atoms. The van der Waals surface area contributed by atoms with Gasteiger partial charge in [-0.2, -0.15) is 0 Å². The summed E-state index contributed by atoms with van der Waals surface area (Å²) in [6, 6.07) is 23.4. The van der Waals surface area contributed by atoms with Crippen molar-refractivity contribution in [2.45, 2.75) is 25.5 Å². The summed E-state index contributed by atoms with van der Waals surface area (Å²) >= 11 is 1.27. The van der Waals surface area contributed by atoms with Crippen LogP contribution in [0.15, 0.2) is 82.7 Å². The molecule has 0 aliphatic rings. The van der Waals surface area contributed by atoms with Crippen molar-refractivity contribution in [3.05, 3.63) is 99.8 Å². The predicted octanol–water partition coefficient (Wildman–Crippen LogP) is 4.89. The minimum absolute atomic E-state index is 0.116. The molecule has 0 saturated heterocycles. The summed E-state index contributed by atoms with van der Waals surface area (Å²) in [6.07, 6.45) is 0. The molecule has 6 nitrogen and oxygen atoms in total. The maximum absolute atomic E-state index is 13.7. The minimum atomic E-state index is -0.179. The van der Waals surface area contributed by atoms with Crippen LogP contribution in [-0.4, -0.2) is 26.2 Å². The van der Waals surface area contributed by atoms with Gasteiger partial charge in [0.2, 0.25) is 5.91 Å². The molecule has 0 bridgehead atoms. The number of H-pyrrole nitrogens is 1. The first kappa shape index (κ1) is 22.0. The van der Waals surface area contributed by atoms with Crippen molar-refractivity contribution in [2.24, 2.45) is 0 Å². The topological polar surface area (TPSA) is 79.8 Å². The maximum atomic E-state index is 13.7. The number of hydrogen-bond donors (Lipinski definition) is 2. The first-order valence-electron chi connectivity index (χ1n) is 11.1. The van der Waals surface area contributed by atoms with E-state index >= 15 is 0 Å². The van der Waals surface area contributed by atoms with Gasteiger partial charge in [0.1, 0.15) is 11.0 Å². The molecule has 0 radical (unpaired) electrons. The van der Waals surface area contributed by atoms with Gasteiger partial charge < -0.3 is 10.3 Å². The van der Waals surface area contributed by atoms with Gasteiger partial charge in [0.15, 0.2) is 5.16 Å². The number of aromatic nitrogens is 3. The molecule has 2 heterocycles. The molecular formula is C27H24N4O2S. The minimum Gasteiger partial charge on any atom is -0.351 e. The van der Waals surface area contributed by atoms with Crippen molar-refractivity contribution in [1.82, 2.24) is 19.9 Å². The van der Waals surface area contributed by atoms with Gasteiger partial charge in [-0.15, -0.1) is 0 Å². The Morgan fingerprint density at radius 3 is 2.59 bits per heavy atom. The average molecular weight is 469 g/mol. The van der Waals surface area contributed by atoms with Gasteiger partial charge in [0, 0.05) is 17.4 Å². The lowest BCUT2D eigenvalue weighted by Crippen LogP contribution is -2.26. The number of nitrogens with zero attached hydrogens (tertiary/aromatic N) is 2. The normalized spacial score (nSPS) is 11.2. The van der Waals surface area contributed by atoms with E-state index in [0.717, 1.165) is 33.3 Å². The maximum Gasteiger partial charge on any atom is 0.283 e. The van der Waals surface area contributed by atoms with Crippen LogP contribution in [0.2, 0.25) is 0 Å². The Bertz CT molecular complexity index is 1570. The molecule has 0 aliphatic carbocycles. The molecule has 5 aromatic rings. The van der Waals surface area contributed by atoms with E-state index in [1.165, 1.54) is 11.8 Å². The molecule has 5 rings (SSSR count). The summed E-state index contributed by atoms with van der Waals surface area (Å²) < 4.78 is 1.62. The second-order valence-corrected chi connectivity index (χ2v) is 9.14. The number of thioether (sulfide) groups is 1. The summed E-state index contributed by atoms with van der Waals surface area (Å²) in [5.41, 5.74) is 5.64. The molecule has 0 fully saturated rings. The lowest BCUT2D eigenvalue weighted by atomic mass is 10.1. The van der Waals surface area contributed by atoms with Crippen LogP contribution in [0.25, 0.3) is 27.6 Å². The van der Waals surface area contributed by atoms with Crippen LogP contribution in [0.1, 0.15) is 16.7 Å². The third-order valence-electron chi connectivity index (χ3n) is 5.98. The predicted molar refractivity (Wildman–Crippen MR) is 138 cm³/mol. The number of carbonyl (C=O) groups excluding carboxylic acids is 1. The summed E-state index contributed by atoms with van der Waals surface area (Å²) in [5, 5.41) is 4.32. The average Bonchev–Trinajstić information content (AvgIpc) is 3.23. The highest BCUT2D eigenvalue weighted by molar-refractivity contribution is 7.99. The van der Waals surface area contributed by atoms with E-state index in [9.17, 15) is 9.59 Å². The number of hydrogen-bond acceptors (Lipinski definition) is 4. The number of carbonyl (C=O) groups is 1. The number of rotatable bonds is 6. The largest absolute Gasteiger partial charge is 0.351 e. The third-order valence-corrected chi connectivity index (χ3v) is 6.91. The standard InChI is InChI=1S/C27H24N4O2S/c1-17-9-8-14-22(18(17)2)31-26(33)25-24(20-12-6-7-13-21(20)29-25)30-27(31)34-16-23(32)28-15-19-10-4-3-5-11-19/h3-14,29H,15-16H2,1-2H3,(H,28,32). The van der Waals surface area contributed by atoms with Gasteiger partial charge in [0.25, 0.3) is 5.56 Å². The van der Waals surface area contributed by atoms with Crippen LogP contribution >= 0.6 is 11.8 Å². The van der Waals surface area contributed by atoms with E-state index in [2.05, 4.69) is 10.3 Å². The molecule has 0 saturated carbocycles. The van der Waals surface area contributed by atoms with Gasteiger partial charge in [-0.05, 0) is 42.7 Å². The molecule has 0 spiro atoms. The van der Waals surface area contributed by atoms with Gasteiger partial charge in [-0.3, -0.25) is 14.2 Å². The van der Waals surface area contributed by atoms with Crippen LogP contribution in [0.4, 0.5) is 0 Å². The number of amides is 1. The van der Waals surface area contributed by atoms with Gasteiger partial charge in [0.05, 0.1) is 11.4 Å². The number of aryl methyl sites for hydroxylation is 1. The van der Waals surface area contributed by atoms with Gasteiger partial charge in [-0.25, -0.2) is 4.98 Å². The lowest BCUT2D eigenvalue weighted by molar-refractivity contribution is -0.118. The number of nitrogens with one attached hydrogen (secondary N) is 2. The molecule has 170 valence electrons. The van der Waals surface area contributed by atoms with Crippen LogP contribution in [0, 0.1) is 13.8 Å². The fraction of sp³-hybridized carbons (Fsp3) is 0.148. The number of benzene rings is 3. The molecule has 0 unspecified atom stereocenters. The van der Waals surface area contributed by atoms with Crippen molar-refractivity contribution in [3.63, 3.8) is 0 Å². The zero-order valence-corrected chi connectivity index (χ0v) is 19.8. The molecule has 0 atom stereocenters. The van der Waals surface area contributed by atoms with E-state index in [1.807, 2.05) is 86.6 Å². The first-order chi connectivity index (χ1) is 16.5. The Balaban J connectivity index is 1.55. The second-order valence-electron chi connectivity index (χ2n) is 8.20. The fourth-order valence-electron chi connectivity index (χ4n) is 4.01. The summed E-state index contributed by atoms with van der Waals surface area (Å²) in [7, 11) is 0. The quantitative estimate of drug-likeness (QED) is 0.275. The zero-order chi connectivity index (χ0) is 23.7. The van der Waals surface area contributed by atoms with Crippen LogP contribution in [0.5, 0.6) is 0 Å². The van der Waals surface area contributed by atoms with E-state index in [1.54, 1.807) is 4.57 Å². The smallest absolute Gasteiger partial charge is 0.283 e. The SMILES string of the molecule is Cc1cccc(-n2c(SCC(=O)NCc3ccccc3)nc3c([nH]c4ccccc43)c2=O)c1C. The van der Waals surface area contributed by atoms with E-state index in [-0.39, 0.29) is 17.2 Å². The zero-order valence-electron chi connectivity index (χ0n) is 19.0. The summed E-state index contributed by atoms with van der Waals surface area (Å²) in [6.45, 7) is 4.47. The van der Waals surface area contributed by atoms with Crippen molar-refractivity contribution < 1.29 is 4.79 Å². The Hall–Kier alpha value is -3.84. The highest BCUT2D eigenvalue weighted by atomic mass is 32.2. The fourth-order valence-corrected chi connectivity index (χ4v) is 4.84. The highest BCUT2D eigenvalue weighted by Gasteiger charge is 2.19. The number of aromatic amines is 1. The Kier molecular flexibility index (Phi) is 5.94. The number of para-hydroxylation sites is 1. The Labute approximate surface area is 201 Å². The van der Waals surface area contributed by atoms with E-state index < -0.39 is 0 Å². The van der Waals surface area contributed by atoms with Crippen molar-refractivity contribution in [1.29, 1.82) is 0 Å². The monoisotopic (exact) mass is 468 g/mol. The van der Waals surface area contributed by atoms with E-state index in [0.29, 0.717) is 22.7 Å². The summed E-state index contributed by atoms with van der Waals surface area (Å²) in [5.74, 6) is 0.0347. The van der Waals surface area contributed by atoms with Gasteiger partial charge >= 0.3 is 0 Å². The van der Waals surface area contributed by atoms with Crippen LogP contribution in [0.3, 0.4) is 0 Å². The highest BCUT2D eigenvalue weighted by Crippen LogP contribution is 2.27. The Morgan fingerprint density at radius 1 is 1.00 bits per heavy atom. The van der Waals surface area contributed by atoms with Crippen LogP contribution < -0.4 is 10.9 Å². The van der Waals surface area contributed by atoms with Crippen LogP contribution in [-0.2, 0) is 11.3 Å². The molecule has 2 aromatic heterocycles. The first-order valence-corrected chi connectivity index (χ1v) is 12.0. The van der Waals surface area contributed by atoms with E-state index in [4.69, 9.17) is 4.98 Å². The van der Waals surface area contributed by atoms with Crippen molar-refractivity contribution in [2.75, 3.05) is 5.75 Å². The summed E-state index contributed by atoms with van der Waals surface area (Å²) in [4.78, 5) is 34.4. The second kappa shape index (κ2) is 9.19. The number of fused-ring (bicyclic) bond motifs is 3.